The van der Waals surface area contributed by atoms with Gasteiger partial charge < -0.3 is 10.4 Å². The van der Waals surface area contributed by atoms with Gasteiger partial charge in [-0.2, -0.15) is 0 Å². The maximum atomic E-state index is 12.3. The minimum atomic E-state index is -0.665. The van der Waals surface area contributed by atoms with Crippen molar-refractivity contribution >= 4 is 16.8 Å². The Labute approximate surface area is 111 Å². The summed E-state index contributed by atoms with van der Waals surface area (Å²) in [5.41, 5.74) is 0.451. The molecular formula is C14H17N3O2. The summed E-state index contributed by atoms with van der Waals surface area (Å²) in [7, 11) is 0. The Balaban J connectivity index is 2.45. The Bertz CT molecular complexity index is 623. The molecule has 0 saturated carbocycles. The van der Waals surface area contributed by atoms with Gasteiger partial charge in [-0.3, -0.25) is 4.79 Å². The molecule has 0 aliphatic rings. The summed E-state index contributed by atoms with van der Waals surface area (Å²) >= 11 is 0. The van der Waals surface area contributed by atoms with Gasteiger partial charge >= 0.3 is 0 Å². The van der Waals surface area contributed by atoms with Crippen molar-refractivity contribution in [2.75, 3.05) is 6.61 Å². The molecule has 2 aromatic rings. The third kappa shape index (κ3) is 2.88. The van der Waals surface area contributed by atoms with Gasteiger partial charge in [0.25, 0.3) is 5.91 Å². The number of aryl methyl sites for hydroxylation is 1. The van der Waals surface area contributed by atoms with E-state index in [0.29, 0.717) is 16.9 Å². The number of amides is 1. The van der Waals surface area contributed by atoms with E-state index < -0.39 is 5.54 Å². The van der Waals surface area contributed by atoms with E-state index in [4.69, 9.17) is 0 Å². The number of aliphatic hydroxyl groups is 1. The van der Waals surface area contributed by atoms with Gasteiger partial charge in [-0.05, 0) is 26.8 Å². The third-order valence-corrected chi connectivity index (χ3v) is 2.82. The van der Waals surface area contributed by atoms with E-state index in [1.165, 1.54) is 0 Å². The predicted octanol–water partition coefficient (Wildman–Crippen LogP) is 1.44. The molecule has 0 unspecified atom stereocenters. The number of nitrogens with zero attached hydrogens (tertiary/aromatic N) is 2. The highest BCUT2D eigenvalue weighted by atomic mass is 16.3. The van der Waals surface area contributed by atoms with E-state index in [0.717, 1.165) is 5.39 Å². The maximum Gasteiger partial charge on any atom is 0.253 e. The molecule has 0 spiro atoms. The number of fused-ring (bicyclic) bond motifs is 1. The lowest BCUT2D eigenvalue weighted by Crippen LogP contribution is -2.46. The molecule has 2 rings (SSSR count). The van der Waals surface area contributed by atoms with Crippen LogP contribution in [0.1, 0.15) is 30.0 Å². The number of carbonyl (C=O) groups is 1. The van der Waals surface area contributed by atoms with E-state index in [-0.39, 0.29) is 12.5 Å². The molecule has 1 heterocycles. The quantitative estimate of drug-likeness (QED) is 0.874. The van der Waals surface area contributed by atoms with Crippen LogP contribution in [0.15, 0.2) is 24.4 Å². The molecule has 0 aliphatic carbocycles. The Hall–Kier alpha value is -2.01. The molecule has 1 aromatic carbocycles. The molecule has 1 amide bonds. The number of carbonyl (C=O) groups excluding carboxylic acids is 1. The highest BCUT2D eigenvalue weighted by Gasteiger charge is 2.21. The summed E-state index contributed by atoms with van der Waals surface area (Å²) in [6.07, 6.45) is 1.70. The van der Waals surface area contributed by atoms with Gasteiger partial charge in [0.05, 0.1) is 23.2 Å². The van der Waals surface area contributed by atoms with Crippen LogP contribution in [0.3, 0.4) is 0 Å². The first-order chi connectivity index (χ1) is 8.93. The number of aliphatic hydroxyl groups excluding tert-OH is 1. The zero-order valence-corrected chi connectivity index (χ0v) is 11.3. The fourth-order valence-corrected chi connectivity index (χ4v) is 1.74. The van der Waals surface area contributed by atoms with Crippen molar-refractivity contribution in [2.24, 2.45) is 0 Å². The molecule has 0 radical (unpaired) electrons. The summed E-state index contributed by atoms with van der Waals surface area (Å²) in [6, 6.07) is 5.38. The number of benzene rings is 1. The van der Waals surface area contributed by atoms with Gasteiger partial charge in [0, 0.05) is 11.6 Å². The third-order valence-electron chi connectivity index (χ3n) is 2.82. The van der Waals surface area contributed by atoms with Crippen molar-refractivity contribution in [3.8, 4) is 0 Å². The van der Waals surface area contributed by atoms with Gasteiger partial charge in [-0.1, -0.05) is 12.1 Å². The fourth-order valence-electron chi connectivity index (χ4n) is 1.74. The summed E-state index contributed by atoms with van der Waals surface area (Å²) in [5, 5.41) is 12.8. The van der Waals surface area contributed by atoms with Crippen LogP contribution in [0.5, 0.6) is 0 Å². The molecule has 5 nitrogen and oxygen atoms in total. The molecule has 0 saturated heterocycles. The molecule has 2 N–H and O–H groups in total. The van der Waals surface area contributed by atoms with Crippen molar-refractivity contribution < 1.29 is 9.90 Å². The fraction of sp³-hybridized carbons (Fsp3) is 0.357. The lowest BCUT2D eigenvalue weighted by atomic mass is 10.0. The van der Waals surface area contributed by atoms with Crippen molar-refractivity contribution in [1.82, 2.24) is 15.3 Å². The summed E-state index contributed by atoms with van der Waals surface area (Å²) in [6.45, 7) is 5.18. The number of nitrogens with one attached hydrogen (secondary N) is 1. The molecule has 0 fully saturated rings. The van der Waals surface area contributed by atoms with Crippen LogP contribution in [-0.4, -0.2) is 33.1 Å². The summed E-state index contributed by atoms with van der Waals surface area (Å²) in [5.74, 6) is 0.372. The second-order valence-electron chi connectivity index (χ2n) is 5.16. The van der Waals surface area contributed by atoms with Crippen LogP contribution >= 0.6 is 0 Å². The minimum Gasteiger partial charge on any atom is -0.394 e. The molecule has 1 aromatic heterocycles. The standard InChI is InChI=1S/C14H17N3O2/c1-9-15-7-10-5-4-6-11(12(10)16-9)13(19)17-14(2,3)8-18/h4-7,18H,8H2,1-3H3,(H,17,19). The second-order valence-corrected chi connectivity index (χ2v) is 5.16. The van der Waals surface area contributed by atoms with Crippen molar-refractivity contribution in [3.05, 3.63) is 35.8 Å². The molecule has 0 bridgehead atoms. The predicted molar refractivity (Wildman–Crippen MR) is 72.9 cm³/mol. The van der Waals surface area contributed by atoms with Gasteiger partial charge in [-0.15, -0.1) is 0 Å². The molecule has 5 heteroatoms. The average molecular weight is 259 g/mol. The number of hydrogen-bond acceptors (Lipinski definition) is 4. The molecule has 0 atom stereocenters. The van der Waals surface area contributed by atoms with Gasteiger partial charge in [0.1, 0.15) is 5.82 Å². The monoisotopic (exact) mass is 259 g/mol. The zero-order chi connectivity index (χ0) is 14.0. The maximum absolute atomic E-state index is 12.3. The number of aromatic nitrogens is 2. The van der Waals surface area contributed by atoms with Crippen LogP contribution in [0.25, 0.3) is 10.9 Å². The van der Waals surface area contributed by atoms with Crippen LogP contribution in [-0.2, 0) is 0 Å². The number of rotatable bonds is 3. The minimum absolute atomic E-state index is 0.127. The van der Waals surface area contributed by atoms with Crippen LogP contribution in [0.2, 0.25) is 0 Å². The zero-order valence-electron chi connectivity index (χ0n) is 11.3. The molecule has 0 aliphatic heterocycles. The van der Waals surface area contributed by atoms with E-state index >= 15 is 0 Å². The summed E-state index contributed by atoms with van der Waals surface area (Å²) in [4.78, 5) is 20.7. The van der Waals surface area contributed by atoms with Crippen molar-refractivity contribution in [2.45, 2.75) is 26.3 Å². The van der Waals surface area contributed by atoms with E-state index in [1.807, 2.05) is 6.07 Å². The normalized spacial score (nSPS) is 11.6. The number of para-hydroxylation sites is 1. The summed E-state index contributed by atoms with van der Waals surface area (Å²) < 4.78 is 0. The van der Waals surface area contributed by atoms with E-state index in [1.54, 1.807) is 39.1 Å². The first-order valence-electron chi connectivity index (χ1n) is 6.09. The van der Waals surface area contributed by atoms with Crippen LogP contribution < -0.4 is 5.32 Å². The Kier molecular flexibility index (Phi) is 3.48. The second kappa shape index (κ2) is 4.93. The largest absolute Gasteiger partial charge is 0.394 e. The SMILES string of the molecule is Cc1ncc2cccc(C(=O)NC(C)(C)CO)c2n1. The lowest BCUT2D eigenvalue weighted by molar-refractivity contribution is 0.0871. The lowest BCUT2D eigenvalue weighted by Gasteiger charge is -2.23. The highest BCUT2D eigenvalue weighted by molar-refractivity contribution is 6.05. The smallest absolute Gasteiger partial charge is 0.253 e. The molecular weight excluding hydrogens is 242 g/mol. The van der Waals surface area contributed by atoms with Gasteiger partial charge in [-0.25, -0.2) is 9.97 Å². The number of hydrogen-bond donors (Lipinski definition) is 2. The van der Waals surface area contributed by atoms with Gasteiger partial charge in [0.15, 0.2) is 0 Å². The first kappa shape index (κ1) is 13.4. The highest BCUT2D eigenvalue weighted by Crippen LogP contribution is 2.16. The van der Waals surface area contributed by atoms with E-state index in [2.05, 4.69) is 15.3 Å². The Morgan fingerprint density at radius 2 is 2.16 bits per heavy atom. The first-order valence-corrected chi connectivity index (χ1v) is 6.09. The van der Waals surface area contributed by atoms with Crippen LogP contribution in [0, 0.1) is 6.92 Å². The average Bonchev–Trinajstić information content (AvgIpc) is 2.37. The van der Waals surface area contributed by atoms with E-state index in [9.17, 15) is 9.90 Å². The van der Waals surface area contributed by atoms with Crippen LogP contribution in [0.4, 0.5) is 0 Å². The van der Waals surface area contributed by atoms with Gasteiger partial charge in [0.2, 0.25) is 0 Å². The topological polar surface area (TPSA) is 75.1 Å². The molecule has 19 heavy (non-hydrogen) atoms. The van der Waals surface area contributed by atoms with Crippen molar-refractivity contribution in [1.29, 1.82) is 0 Å². The Morgan fingerprint density at radius 3 is 2.84 bits per heavy atom. The van der Waals surface area contributed by atoms with Crippen molar-refractivity contribution in [3.63, 3.8) is 0 Å². The Morgan fingerprint density at radius 1 is 1.42 bits per heavy atom. The molecule has 100 valence electrons.